The predicted octanol–water partition coefficient (Wildman–Crippen LogP) is 4.86. The van der Waals surface area contributed by atoms with Crippen molar-refractivity contribution in [3.63, 3.8) is 0 Å². The third-order valence-electron chi connectivity index (χ3n) is 3.38. The van der Waals surface area contributed by atoms with Crippen LogP contribution in [0.25, 0.3) is 0 Å². The van der Waals surface area contributed by atoms with Gasteiger partial charge in [-0.3, -0.25) is 0 Å². The number of hydrogen-bond donors (Lipinski definition) is 0. The second kappa shape index (κ2) is 5.51. The molecule has 0 radical (unpaired) electrons. The molecule has 0 saturated heterocycles. The van der Waals surface area contributed by atoms with Gasteiger partial charge in [-0.2, -0.15) is 0 Å². The van der Waals surface area contributed by atoms with Gasteiger partial charge in [0.1, 0.15) is 17.6 Å². The molecule has 0 bridgehead atoms. The summed E-state index contributed by atoms with van der Waals surface area (Å²) >= 11 is 0. The molecule has 102 valence electrons. The summed E-state index contributed by atoms with van der Waals surface area (Å²) in [7, 11) is 0. The summed E-state index contributed by atoms with van der Waals surface area (Å²) in [6, 6.07) is 16.1. The number of allylic oxidation sites excluding steroid dienone is 1. The molecule has 2 nitrogen and oxygen atoms in total. The van der Waals surface area contributed by atoms with Crippen molar-refractivity contribution in [3.8, 4) is 11.5 Å². The lowest BCUT2D eigenvalue weighted by molar-refractivity contribution is 0.0957. The lowest BCUT2D eigenvalue weighted by Gasteiger charge is -2.27. The molecule has 2 heteroatoms. The molecular weight excluding hydrogens is 248 g/mol. The van der Waals surface area contributed by atoms with Crippen molar-refractivity contribution in [2.45, 2.75) is 20.0 Å². The van der Waals surface area contributed by atoms with Crippen LogP contribution in [0.2, 0.25) is 0 Å². The first-order valence-corrected chi connectivity index (χ1v) is 6.86. The summed E-state index contributed by atoms with van der Waals surface area (Å²) in [4.78, 5) is 0. The Morgan fingerprint density at radius 3 is 2.10 bits per heavy atom. The molecule has 1 heterocycles. The number of hydrogen-bond acceptors (Lipinski definition) is 2. The minimum Gasteiger partial charge on any atom is -0.457 e. The van der Waals surface area contributed by atoms with Crippen molar-refractivity contribution < 1.29 is 9.47 Å². The predicted molar refractivity (Wildman–Crippen MR) is 80.2 cm³/mol. The summed E-state index contributed by atoms with van der Waals surface area (Å²) in [6.07, 6.45) is 2.03. The van der Waals surface area contributed by atoms with Gasteiger partial charge in [0.25, 0.3) is 0 Å². The molecule has 1 aliphatic heterocycles. The Bertz CT molecular complexity index is 594. The van der Waals surface area contributed by atoms with E-state index in [1.807, 2.05) is 36.4 Å². The molecule has 3 rings (SSSR count). The molecule has 20 heavy (non-hydrogen) atoms. The van der Waals surface area contributed by atoms with Crippen LogP contribution in [0.4, 0.5) is 0 Å². The number of rotatable bonds is 3. The van der Waals surface area contributed by atoms with Gasteiger partial charge < -0.3 is 9.47 Å². The fraction of sp³-hybridized carbons (Fsp3) is 0.222. The van der Waals surface area contributed by atoms with Gasteiger partial charge in [0.15, 0.2) is 0 Å². The Kier molecular flexibility index (Phi) is 3.57. The minimum atomic E-state index is -0.0632. The zero-order valence-electron chi connectivity index (χ0n) is 11.8. The van der Waals surface area contributed by atoms with E-state index < -0.39 is 0 Å². The summed E-state index contributed by atoms with van der Waals surface area (Å²) in [5.74, 6) is 1.77. The average molecular weight is 266 g/mol. The van der Waals surface area contributed by atoms with Crippen LogP contribution >= 0.6 is 0 Å². The maximum atomic E-state index is 6.09. The zero-order chi connectivity index (χ0) is 13.9. The Morgan fingerprint density at radius 1 is 1.00 bits per heavy atom. The highest BCUT2D eigenvalue weighted by atomic mass is 16.5. The van der Waals surface area contributed by atoms with Gasteiger partial charge in [0.05, 0.1) is 6.61 Å². The Morgan fingerprint density at radius 2 is 1.55 bits per heavy atom. The highest BCUT2D eigenvalue weighted by molar-refractivity contribution is 5.51. The highest BCUT2D eigenvalue weighted by Gasteiger charge is 2.26. The van der Waals surface area contributed by atoms with E-state index in [9.17, 15) is 0 Å². The molecule has 2 aromatic carbocycles. The molecule has 0 aliphatic carbocycles. The SMILES string of the molecule is CC(C)=CCOC1c2ccccc2Oc2ccccc21. The lowest BCUT2D eigenvalue weighted by atomic mass is 9.97. The third-order valence-corrected chi connectivity index (χ3v) is 3.38. The third kappa shape index (κ3) is 2.47. The van der Waals surface area contributed by atoms with Crippen LogP contribution in [0, 0.1) is 0 Å². The quantitative estimate of drug-likeness (QED) is 0.738. The lowest BCUT2D eigenvalue weighted by Crippen LogP contribution is -2.13. The monoisotopic (exact) mass is 266 g/mol. The minimum absolute atomic E-state index is 0.0632. The van der Waals surface area contributed by atoms with E-state index in [1.165, 1.54) is 5.57 Å². The maximum Gasteiger partial charge on any atom is 0.133 e. The molecule has 0 amide bonds. The molecule has 0 saturated carbocycles. The Hall–Kier alpha value is -2.06. The highest BCUT2D eigenvalue weighted by Crippen LogP contribution is 2.44. The largest absolute Gasteiger partial charge is 0.457 e. The van der Waals surface area contributed by atoms with E-state index >= 15 is 0 Å². The van der Waals surface area contributed by atoms with Gasteiger partial charge in [0, 0.05) is 11.1 Å². The fourth-order valence-corrected chi connectivity index (χ4v) is 2.36. The molecule has 0 atom stereocenters. The van der Waals surface area contributed by atoms with Crippen LogP contribution in [0.5, 0.6) is 11.5 Å². The number of fused-ring (bicyclic) bond motifs is 2. The topological polar surface area (TPSA) is 18.5 Å². The summed E-state index contributed by atoms with van der Waals surface area (Å²) in [5, 5.41) is 0. The van der Waals surface area contributed by atoms with E-state index in [2.05, 4.69) is 32.1 Å². The van der Waals surface area contributed by atoms with Crippen LogP contribution in [-0.2, 0) is 4.74 Å². The molecule has 0 aromatic heterocycles. The van der Waals surface area contributed by atoms with Gasteiger partial charge in [-0.05, 0) is 26.0 Å². The van der Waals surface area contributed by atoms with Crippen molar-refractivity contribution in [2.24, 2.45) is 0 Å². The smallest absolute Gasteiger partial charge is 0.133 e. The first kappa shape index (κ1) is 12.9. The standard InChI is InChI=1S/C18H18O2/c1-13(2)11-12-19-18-14-7-3-5-9-16(14)20-17-10-6-4-8-15(17)18/h3-11,18H,12H2,1-2H3. The summed E-state index contributed by atoms with van der Waals surface area (Å²) in [5.41, 5.74) is 3.44. The van der Waals surface area contributed by atoms with E-state index in [1.54, 1.807) is 0 Å². The second-order valence-corrected chi connectivity index (χ2v) is 5.17. The van der Waals surface area contributed by atoms with E-state index in [4.69, 9.17) is 9.47 Å². The molecule has 0 spiro atoms. The zero-order valence-corrected chi connectivity index (χ0v) is 11.8. The molecule has 0 unspecified atom stereocenters. The molecule has 0 N–H and O–H groups in total. The van der Waals surface area contributed by atoms with E-state index in [0.29, 0.717) is 6.61 Å². The average Bonchev–Trinajstić information content (AvgIpc) is 2.46. The first-order chi connectivity index (χ1) is 9.75. The number of para-hydroxylation sites is 2. The fourth-order valence-electron chi connectivity index (χ4n) is 2.36. The van der Waals surface area contributed by atoms with Gasteiger partial charge in [-0.1, -0.05) is 48.0 Å². The Balaban J connectivity index is 1.97. The van der Waals surface area contributed by atoms with Gasteiger partial charge in [-0.15, -0.1) is 0 Å². The van der Waals surface area contributed by atoms with E-state index in [0.717, 1.165) is 22.6 Å². The van der Waals surface area contributed by atoms with Crippen LogP contribution in [0.3, 0.4) is 0 Å². The van der Waals surface area contributed by atoms with Crippen LogP contribution in [-0.4, -0.2) is 6.61 Å². The van der Waals surface area contributed by atoms with Gasteiger partial charge in [0.2, 0.25) is 0 Å². The van der Waals surface area contributed by atoms with Gasteiger partial charge in [-0.25, -0.2) is 0 Å². The first-order valence-electron chi connectivity index (χ1n) is 6.86. The van der Waals surface area contributed by atoms with Crippen LogP contribution in [0.1, 0.15) is 31.1 Å². The molecule has 0 fully saturated rings. The van der Waals surface area contributed by atoms with Crippen molar-refractivity contribution in [1.82, 2.24) is 0 Å². The Labute approximate surface area is 119 Å². The van der Waals surface area contributed by atoms with Crippen LogP contribution in [0.15, 0.2) is 60.2 Å². The molecule has 2 aromatic rings. The number of ether oxygens (including phenoxy) is 2. The second-order valence-electron chi connectivity index (χ2n) is 5.17. The summed E-state index contributed by atoms with van der Waals surface area (Å²) < 4.78 is 12.0. The van der Waals surface area contributed by atoms with Gasteiger partial charge >= 0.3 is 0 Å². The van der Waals surface area contributed by atoms with Crippen LogP contribution < -0.4 is 4.74 Å². The summed E-state index contributed by atoms with van der Waals surface area (Å²) in [6.45, 7) is 4.76. The maximum absolute atomic E-state index is 6.09. The molecular formula is C18H18O2. The molecule has 1 aliphatic rings. The van der Waals surface area contributed by atoms with E-state index in [-0.39, 0.29) is 6.10 Å². The van der Waals surface area contributed by atoms with Crippen molar-refractivity contribution in [2.75, 3.05) is 6.61 Å². The number of benzene rings is 2. The normalized spacial score (nSPS) is 13.1. The van der Waals surface area contributed by atoms with Crippen molar-refractivity contribution in [3.05, 3.63) is 71.3 Å². The van der Waals surface area contributed by atoms with Crippen molar-refractivity contribution in [1.29, 1.82) is 0 Å². The van der Waals surface area contributed by atoms with Crippen molar-refractivity contribution >= 4 is 0 Å².